The molecule has 0 aliphatic carbocycles. The van der Waals surface area contributed by atoms with Crippen LogP contribution in [0.1, 0.15) is 111 Å². The molecule has 65 heavy (non-hydrogen) atoms. The highest BCUT2D eigenvalue weighted by Crippen LogP contribution is 2.37. The van der Waals surface area contributed by atoms with Crippen molar-refractivity contribution in [3.63, 3.8) is 0 Å². The molecule has 0 spiro atoms. The van der Waals surface area contributed by atoms with Gasteiger partial charge in [-0.05, 0) is 107 Å². The molecule has 3 aliphatic heterocycles. The van der Waals surface area contributed by atoms with Crippen LogP contribution in [0.15, 0.2) is 59.4 Å². The molecule has 4 amide bonds. The van der Waals surface area contributed by atoms with Crippen molar-refractivity contribution < 1.29 is 18.9 Å². The maximum absolute atomic E-state index is 13.4. The van der Waals surface area contributed by atoms with E-state index < -0.39 is 0 Å². The van der Waals surface area contributed by atoms with Crippen LogP contribution in [0.25, 0.3) is 33.5 Å². The van der Waals surface area contributed by atoms with Gasteiger partial charge in [-0.25, -0.2) is 14.8 Å². The molecule has 0 radical (unpaired) electrons. The Labute approximate surface area is 379 Å². The number of nitrogens with zero attached hydrogens (tertiary/aromatic N) is 10. The zero-order valence-electron chi connectivity index (χ0n) is 38.8. The monoisotopic (exact) mass is 880 g/mol. The second-order valence-electron chi connectivity index (χ2n) is 19.2. The van der Waals surface area contributed by atoms with Gasteiger partial charge in [-0.1, -0.05) is 38.1 Å². The molecule has 9 rings (SSSR count). The minimum absolute atomic E-state index is 0.0128. The number of hydrogen-bond donors (Lipinski definition) is 2. The molecule has 2 aromatic carbocycles. The van der Waals surface area contributed by atoms with Crippen LogP contribution < -0.4 is 15.1 Å². The third kappa shape index (κ3) is 8.75. The van der Waals surface area contributed by atoms with Gasteiger partial charge in [0, 0.05) is 91.7 Å². The van der Waals surface area contributed by atoms with Crippen molar-refractivity contribution in [3.8, 4) is 22.5 Å². The quantitative estimate of drug-likeness (QED) is 0.137. The van der Waals surface area contributed by atoms with E-state index in [0.717, 1.165) is 120 Å². The van der Waals surface area contributed by atoms with E-state index in [1.54, 1.807) is 23.2 Å². The minimum atomic E-state index is -0.352. The summed E-state index contributed by atoms with van der Waals surface area (Å²) in [4.78, 5) is 62.9. The lowest BCUT2D eigenvalue weighted by Gasteiger charge is -2.38. The number of piperidine rings is 2. The third-order valence-corrected chi connectivity index (χ3v) is 13.8. The number of aryl methyl sites for hydroxylation is 2. The van der Waals surface area contributed by atoms with Gasteiger partial charge in [-0.15, -0.1) is 0 Å². The standard InChI is InChI=1S/C49H60N12O4/c1-29-25-34(9-14-38(29)31(3)57(8)46(63)45-54-47(56-65-45)49(5,6)7)43-39-26-40(52-44(39)51-28-50-43)42-30(2)55-61(32(42)4)37-17-20-58(21-18-37)27-33-15-22-59(23-16-33)35-10-12-36(13-11-35)60-24-19-41(62)53-48(60)64/h9-14,25-26,28,31,33,37H,15-24,27H2,1-8H3,(H,50,51,52)(H,53,62,64). The van der Waals surface area contributed by atoms with E-state index in [2.05, 4.69) is 97.1 Å². The van der Waals surface area contributed by atoms with E-state index in [-0.39, 0.29) is 35.2 Å². The number of H-pyrrole nitrogens is 1. The lowest BCUT2D eigenvalue weighted by Crippen LogP contribution is -2.49. The topological polar surface area (TPSA) is 175 Å². The SMILES string of the molecule is Cc1cc(-c2ncnc3[nH]c(-c4c(C)nn(C5CCN(CC6CCN(c7ccc(N8CCC(=O)NC8=O)cc7)CC6)CC5)c4C)cc23)ccc1C(C)N(C)C(=O)c1nc(C(C)(C)C)no1. The normalized spacial score (nSPS) is 17.5. The van der Waals surface area contributed by atoms with Gasteiger partial charge < -0.3 is 24.2 Å². The van der Waals surface area contributed by atoms with Crippen LogP contribution in [0.2, 0.25) is 0 Å². The zero-order valence-corrected chi connectivity index (χ0v) is 38.8. The molecule has 0 saturated carbocycles. The van der Waals surface area contributed by atoms with E-state index in [1.165, 1.54) is 5.69 Å². The van der Waals surface area contributed by atoms with Crippen molar-refractivity contribution in [2.45, 2.75) is 98.1 Å². The summed E-state index contributed by atoms with van der Waals surface area (Å²) >= 11 is 0. The molecule has 7 heterocycles. The van der Waals surface area contributed by atoms with Crippen LogP contribution in [0.5, 0.6) is 0 Å². The van der Waals surface area contributed by atoms with Crippen LogP contribution in [-0.2, 0) is 10.2 Å². The number of rotatable bonds is 10. The Kier molecular flexibility index (Phi) is 11.8. The third-order valence-electron chi connectivity index (χ3n) is 13.8. The number of aromatic amines is 1. The summed E-state index contributed by atoms with van der Waals surface area (Å²) in [5, 5.41) is 12.5. The number of aromatic nitrogens is 7. The summed E-state index contributed by atoms with van der Waals surface area (Å²) in [5.41, 5.74) is 10.5. The van der Waals surface area contributed by atoms with Crippen LogP contribution >= 0.6 is 0 Å². The highest BCUT2D eigenvalue weighted by Gasteiger charge is 2.31. The summed E-state index contributed by atoms with van der Waals surface area (Å²) in [6.07, 6.45) is 6.36. The number of imide groups is 1. The molecule has 3 aliphatic rings. The fourth-order valence-corrected chi connectivity index (χ4v) is 9.89. The number of likely N-dealkylation sites (tertiary alicyclic amines) is 1. The number of carbonyl (C=O) groups excluding carboxylic acids is 3. The first-order chi connectivity index (χ1) is 31.1. The molecule has 4 aromatic heterocycles. The Hall–Kier alpha value is -6.42. The van der Waals surface area contributed by atoms with E-state index in [0.29, 0.717) is 30.7 Å². The minimum Gasteiger partial charge on any atom is -0.372 e. The smallest absolute Gasteiger partial charge is 0.328 e. The van der Waals surface area contributed by atoms with Gasteiger partial charge in [-0.3, -0.25) is 24.5 Å². The molecule has 3 saturated heterocycles. The molecule has 340 valence electrons. The van der Waals surface area contributed by atoms with Gasteiger partial charge in [0.1, 0.15) is 12.0 Å². The van der Waals surface area contributed by atoms with Gasteiger partial charge in [0.25, 0.3) is 0 Å². The first kappa shape index (κ1) is 43.8. The number of carbonyl (C=O) groups is 3. The van der Waals surface area contributed by atoms with Crippen LogP contribution in [0.3, 0.4) is 0 Å². The molecule has 16 heteroatoms. The summed E-state index contributed by atoms with van der Waals surface area (Å²) in [7, 11) is 1.76. The summed E-state index contributed by atoms with van der Waals surface area (Å²) in [6.45, 7) is 20.0. The number of nitrogens with one attached hydrogen (secondary N) is 2. The summed E-state index contributed by atoms with van der Waals surface area (Å²) < 4.78 is 7.61. The number of amides is 4. The molecular weight excluding hydrogens is 821 g/mol. The van der Waals surface area contributed by atoms with Gasteiger partial charge in [0.05, 0.1) is 29.2 Å². The van der Waals surface area contributed by atoms with E-state index in [9.17, 15) is 14.4 Å². The molecule has 0 bridgehead atoms. The highest BCUT2D eigenvalue weighted by atomic mass is 16.5. The first-order valence-electron chi connectivity index (χ1n) is 22.9. The highest BCUT2D eigenvalue weighted by molar-refractivity contribution is 6.05. The number of fused-ring (bicyclic) bond motifs is 1. The Bertz CT molecular complexity index is 2730. The number of urea groups is 1. The molecule has 1 atom stereocenters. The molecule has 2 N–H and O–H groups in total. The van der Waals surface area contributed by atoms with Crippen LogP contribution in [0.4, 0.5) is 16.2 Å². The fourth-order valence-electron chi connectivity index (χ4n) is 9.89. The van der Waals surface area contributed by atoms with Crippen molar-refractivity contribution >= 4 is 40.3 Å². The lowest BCUT2D eigenvalue weighted by molar-refractivity contribution is -0.120. The maximum atomic E-state index is 13.4. The van der Waals surface area contributed by atoms with Crippen molar-refractivity contribution in [3.05, 3.63) is 89.1 Å². The van der Waals surface area contributed by atoms with Crippen LogP contribution in [-0.4, -0.2) is 109 Å². The van der Waals surface area contributed by atoms with Gasteiger partial charge >= 0.3 is 17.8 Å². The predicted octanol–water partition coefficient (Wildman–Crippen LogP) is 7.93. The van der Waals surface area contributed by atoms with Gasteiger partial charge in [-0.2, -0.15) is 10.1 Å². The number of hydrogen-bond acceptors (Lipinski definition) is 11. The second kappa shape index (κ2) is 17.5. The molecule has 16 nitrogen and oxygen atoms in total. The van der Waals surface area contributed by atoms with Crippen LogP contribution in [0, 0.1) is 26.7 Å². The molecule has 1 unspecified atom stereocenters. The Morgan fingerprint density at radius 1 is 0.923 bits per heavy atom. The molecule has 6 aromatic rings. The Morgan fingerprint density at radius 3 is 2.32 bits per heavy atom. The second-order valence-corrected chi connectivity index (χ2v) is 19.2. The molecule has 3 fully saturated rings. The lowest BCUT2D eigenvalue weighted by atomic mass is 9.94. The van der Waals surface area contributed by atoms with E-state index in [1.807, 2.05) is 39.8 Å². The summed E-state index contributed by atoms with van der Waals surface area (Å²) in [5.74, 6) is 0.613. The zero-order chi connectivity index (χ0) is 45.7. The predicted molar refractivity (Wildman–Crippen MR) is 250 cm³/mol. The average Bonchev–Trinajstić information content (AvgIpc) is 4.04. The fraction of sp³-hybridized carbons (Fsp3) is 0.469. The number of anilines is 2. The van der Waals surface area contributed by atoms with E-state index in [4.69, 9.17) is 14.6 Å². The van der Waals surface area contributed by atoms with Crippen molar-refractivity contribution in [1.82, 2.24) is 50.0 Å². The first-order valence-corrected chi connectivity index (χ1v) is 22.9. The Morgan fingerprint density at radius 2 is 1.65 bits per heavy atom. The van der Waals surface area contributed by atoms with Crippen molar-refractivity contribution in [1.29, 1.82) is 0 Å². The average molecular weight is 881 g/mol. The summed E-state index contributed by atoms with van der Waals surface area (Å²) in [6, 6.07) is 16.3. The van der Waals surface area contributed by atoms with Crippen molar-refractivity contribution in [2.75, 3.05) is 56.1 Å². The van der Waals surface area contributed by atoms with E-state index >= 15 is 0 Å². The maximum Gasteiger partial charge on any atom is 0.328 e. The largest absolute Gasteiger partial charge is 0.372 e. The van der Waals surface area contributed by atoms with Crippen molar-refractivity contribution in [2.24, 2.45) is 5.92 Å². The Balaban J connectivity index is 0.814. The molecular formula is C49H60N12O4. The number of benzene rings is 2. The van der Waals surface area contributed by atoms with Gasteiger partial charge in [0.2, 0.25) is 5.91 Å². The van der Waals surface area contributed by atoms with Gasteiger partial charge in [0.15, 0.2) is 5.82 Å².